The number of anilines is 1. The maximum absolute atomic E-state index is 4.85. The molecular weight excluding hydrogens is 266 g/mol. The summed E-state index contributed by atoms with van der Waals surface area (Å²) in [6.07, 6.45) is 6.48. The molecule has 2 heterocycles. The first kappa shape index (κ1) is 13.8. The highest BCUT2D eigenvalue weighted by Gasteiger charge is 2.24. The first-order valence-corrected chi connectivity index (χ1v) is 8.48. The summed E-state index contributed by atoms with van der Waals surface area (Å²) in [7, 11) is 1.95. The monoisotopic (exact) mass is 289 g/mol. The summed E-state index contributed by atoms with van der Waals surface area (Å²) < 4.78 is 0. The van der Waals surface area contributed by atoms with Crippen molar-refractivity contribution in [2.45, 2.75) is 51.9 Å². The molecule has 0 aromatic carbocycles. The van der Waals surface area contributed by atoms with Crippen molar-refractivity contribution in [2.75, 3.05) is 12.4 Å². The lowest BCUT2D eigenvalue weighted by molar-refractivity contribution is 0.312. The molecule has 3 rings (SSSR count). The van der Waals surface area contributed by atoms with Gasteiger partial charge in [0.15, 0.2) is 0 Å². The molecule has 1 saturated carbocycles. The van der Waals surface area contributed by atoms with Crippen molar-refractivity contribution in [1.29, 1.82) is 0 Å². The third kappa shape index (κ3) is 2.53. The minimum Gasteiger partial charge on any atom is -0.372 e. The molecule has 108 valence electrons. The standard InChI is InChI=1S/C16H23N3S/c1-4-11-5-7-12(8-6-11)14-18-15(17-3)13-9-10(2)20-16(13)19-14/h9,11-12H,4-8H2,1-3H3,(H,17,18,19). The Kier molecular flexibility index (Phi) is 3.92. The van der Waals surface area contributed by atoms with Crippen LogP contribution in [0.4, 0.5) is 5.82 Å². The Morgan fingerprint density at radius 1 is 1.25 bits per heavy atom. The van der Waals surface area contributed by atoms with Crippen molar-refractivity contribution in [2.24, 2.45) is 5.92 Å². The summed E-state index contributed by atoms with van der Waals surface area (Å²) >= 11 is 1.77. The average Bonchev–Trinajstić information content (AvgIpc) is 2.86. The number of thiophene rings is 1. The lowest BCUT2D eigenvalue weighted by Gasteiger charge is -2.26. The van der Waals surface area contributed by atoms with Gasteiger partial charge in [-0.05, 0) is 44.6 Å². The molecule has 20 heavy (non-hydrogen) atoms. The second-order valence-electron chi connectivity index (χ2n) is 5.88. The van der Waals surface area contributed by atoms with Crippen LogP contribution in [0.2, 0.25) is 0 Å². The Bertz CT molecular complexity index is 597. The van der Waals surface area contributed by atoms with E-state index >= 15 is 0 Å². The fraction of sp³-hybridized carbons (Fsp3) is 0.625. The third-order valence-electron chi connectivity index (χ3n) is 4.56. The van der Waals surface area contributed by atoms with Crippen LogP contribution in [-0.2, 0) is 0 Å². The zero-order valence-corrected chi connectivity index (χ0v) is 13.4. The molecule has 0 bridgehead atoms. The molecule has 2 aromatic heterocycles. The van der Waals surface area contributed by atoms with Crippen molar-refractivity contribution < 1.29 is 0 Å². The molecule has 1 N–H and O–H groups in total. The average molecular weight is 289 g/mol. The second-order valence-corrected chi connectivity index (χ2v) is 7.12. The normalized spacial score (nSPS) is 23.1. The van der Waals surface area contributed by atoms with E-state index in [0.29, 0.717) is 5.92 Å². The van der Waals surface area contributed by atoms with Gasteiger partial charge in [-0.3, -0.25) is 0 Å². The van der Waals surface area contributed by atoms with E-state index in [4.69, 9.17) is 9.97 Å². The van der Waals surface area contributed by atoms with E-state index < -0.39 is 0 Å². The smallest absolute Gasteiger partial charge is 0.138 e. The molecule has 0 radical (unpaired) electrons. The van der Waals surface area contributed by atoms with Gasteiger partial charge in [-0.1, -0.05) is 13.3 Å². The molecule has 0 atom stereocenters. The van der Waals surface area contributed by atoms with Crippen LogP contribution >= 0.6 is 11.3 Å². The van der Waals surface area contributed by atoms with Gasteiger partial charge in [-0.15, -0.1) is 11.3 Å². The van der Waals surface area contributed by atoms with Gasteiger partial charge in [-0.2, -0.15) is 0 Å². The Hall–Kier alpha value is -1.16. The first-order chi connectivity index (χ1) is 9.71. The molecule has 0 unspecified atom stereocenters. The Morgan fingerprint density at radius 2 is 2.00 bits per heavy atom. The Balaban J connectivity index is 1.92. The number of nitrogens with zero attached hydrogens (tertiary/aromatic N) is 2. The summed E-state index contributed by atoms with van der Waals surface area (Å²) in [6, 6.07) is 2.18. The fourth-order valence-corrected chi connectivity index (χ4v) is 4.15. The summed E-state index contributed by atoms with van der Waals surface area (Å²) in [4.78, 5) is 12.1. The molecule has 2 aromatic rings. The van der Waals surface area contributed by atoms with Crippen LogP contribution in [0, 0.1) is 12.8 Å². The zero-order chi connectivity index (χ0) is 14.1. The number of fused-ring (bicyclic) bond motifs is 1. The van der Waals surface area contributed by atoms with Gasteiger partial charge in [0.05, 0.1) is 5.39 Å². The summed E-state index contributed by atoms with van der Waals surface area (Å²) in [5.74, 6) is 3.52. The number of aryl methyl sites for hydroxylation is 1. The predicted molar refractivity (Wildman–Crippen MR) is 86.7 cm³/mol. The van der Waals surface area contributed by atoms with Gasteiger partial charge in [0, 0.05) is 17.8 Å². The van der Waals surface area contributed by atoms with Crippen molar-refractivity contribution in [3.63, 3.8) is 0 Å². The van der Waals surface area contributed by atoms with Gasteiger partial charge < -0.3 is 5.32 Å². The summed E-state index contributed by atoms with van der Waals surface area (Å²) in [5.41, 5.74) is 0. The molecule has 0 aliphatic heterocycles. The van der Waals surface area contributed by atoms with E-state index in [9.17, 15) is 0 Å². The van der Waals surface area contributed by atoms with E-state index in [1.807, 2.05) is 7.05 Å². The lowest BCUT2D eigenvalue weighted by atomic mass is 9.80. The summed E-state index contributed by atoms with van der Waals surface area (Å²) in [6.45, 7) is 4.44. The molecule has 1 aliphatic carbocycles. The van der Waals surface area contributed by atoms with Crippen LogP contribution in [0.1, 0.15) is 55.6 Å². The molecular formula is C16H23N3S. The largest absolute Gasteiger partial charge is 0.372 e. The Labute approximate surface area is 124 Å². The number of hydrogen-bond acceptors (Lipinski definition) is 4. The van der Waals surface area contributed by atoms with E-state index in [1.165, 1.54) is 42.4 Å². The quantitative estimate of drug-likeness (QED) is 0.888. The van der Waals surface area contributed by atoms with Crippen LogP contribution in [-0.4, -0.2) is 17.0 Å². The minimum absolute atomic E-state index is 0.553. The van der Waals surface area contributed by atoms with Crippen LogP contribution in [0.5, 0.6) is 0 Å². The van der Waals surface area contributed by atoms with Crippen LogP contribution < -0.4 is 5.32 Å². The van der Waals surface area contributed by atoms with Crippen molar-refractivity contribution >= 4 is 27.4 Å². The highest BCUT2D eigenvalue weighted by Crippen LogP contribution is 2.37. The maximum atomic E-state index is 4.85. The zero-order valence-electron chi connectivity index (χ0n) is 12.6. The van der Waals surface area contributed by atoms with E-state index in [1.54, 1.807) is 11.3 Å². The maximum Gasteiger partial charge on any atom is 0.138 e. The van der Waals surface area contributed by atoms with Crippen molar-refractivity contribution in [1.82, 2.24) is 9.97 Å². The molecule has 4 heteroatoms. The molecule has 3 nitrogen and oxygen atoms in total. The first-order valence-electron chi connectivity index (χ1n) is 7.67. The van der Waals surface area contributed by atoms with Gasteiger partial charge in [0.2, 0.25) is 0 Å². The van der Waals surface area contributed by atoms with Crippen LogP contribution in [0.25, 0.3) is 10.2 Å². The van der Waals surface area contributed by atoms with E-state index in [-0.39, 0.29) is 0 Å². The third-order valence-corrected chi connectivity index (χ3v) is 5.50. The molecule has 1 aliphatic rings. The van der Waals surface area contributed by atoms with Crippen LogP contribution in [0.3, 0.4) is 0 Å². The highest BCUT2D eigenvalue weighted by atomic mass is 32.1. The molecule has 0 amide bonds. The molecule has 0 saturated heterocycles. The van der Waals surface area contributed by atoms with Gasteiger partial charge in [0.1, 0.15) is 16.5 Å². The number of aromatic nitrogens is 2. The topological polar surface area (TPSA) is 37.8 Å². The highest BCUT2D eigenvalue weighted by molar-refractivity contribution is 7.18. The van der Waals surface area contributed by atoms with Gasteiger partial charge >= 0.3 is 0 Å². The second kappa shape index (κ2) is 5.68. The van der Waals surface area contributed by atoms with Gasteiger partial charge in [0.25, 0.3) is 0 Å². The number of rotatable bonds is 3. The SMILES string of the molecule is CCC1CCC(c2nc(NC)c3cc(C)sc3n2)CC1. The fourth-order valence-electron chi connectivity index (χ4n) is 3.26. The molecule has 1 fully saturated rings. The Morgan fingerprint density at radius 3 is 2.65 bits per heavy atom. The van der Waals surface area contributed by atoms with E-state index in [2.05, 4.69) is 25.2 Å². The van der Waals surface area contributed by atoms with Crippen molar-refractivity contribution in [3.8, 4) is 0 Å². The van der Waals surface area contributed by atoms with Crippen molar-refractivity contribution in [3.05, 3.63) is 16.8 Å². The number of nitrogens with one attached hydrogen (secondary N) is 1. The predicted octanol–water partition coefficient (Wildman–Crippen LogP) is 4.73. The lowest BCUT2D eigenvalue weighted by Crippen LogP contribution is -2.15. The minimum atomic E-state index is 0.553. The van der Waals surface area contributed by atoms with E-state index in [0.717, 1.165) is 22.4 Å². The van der Waals surface area contributed by atoms with Crippen LogP contribution in [0.15, 0.2) is 6.07 Å². The van der Waals surface area contributed by atoms with Gasteiger partial charge in [-0.25, -0.2) is 9.97 Å². The molecule has 0 spiro atoms. The summed E-state index contributed by atoms with van der Waals surface area (Å²) in [5, 5.41) is 4.41. The number of hydrogen-bond donors (Lipinski definition) is 1.